The van der Waals surface area contributed by atoms with Gasteiger partial charge in [-0.25, -0.2) is 4.90 Å². The zero-order valence-corrected chi connectivity index (χ0v) is 15.8. The molecule has 0 N–H and O–H groups in total. The van der Waals surface area contributed by atoms with Gasteiger partial charge in [0.15, 0.2) is 0 Å². The summed E-state index contributed by atoms with van der Waals surface area (Å²) in [5.74, 6) is -0.285. The van der Waals surface area contributed by atoms with Gasteiger partial charge in [0, 0.05) is 19.2 Å². The maximum Gasteiger partial charge on any atom is 0.294 e. The van der Waals surface area contributed by atoms with Crippen molar-refractivity contribution in [2.75, 3.05) is 22.9 Å². The molecular weight excluding hydrogens is 358 g/mol. The molecule has 1 saturated carbocycles. The lowest BCUT2D eigenvalue weighted by Gasteiger charge is -2.32. The van der Waals surface area contributed by atoms with E-state index in [0.717, 1.165) is 32.4 Å². The molecule has 2 saturated heterocycles. The van der Waals surface area contributed by atoms with Gasteiger partial charge in [0.2, 0.25) is 11.8 Å². The number of carbonyl (C=O) groups is 2. The molecule has 1 aromatic carbocycles. The topological polar surface area (TPSA) is 83.8 Å². The molecule has 5 rings (SSSR count). The monoisotopic (exact) mass is 381 g/mol. The van der Waals surface area contributed by atoms with Crippen LogP contribution in [-0.4, -0.2) is 29.8 Å². The average Bonchev–Trinajstić information content (AvgIpc) is 3.35. The summed E-state index contributed by atoms with van der Waals surface area (Å²) in [6.07, 6.45) is 7.08. The number of fused-ring (bicyclic) bond motifs is 5. The summed E-state index contributed by atoms with van der Waals surface area (Å²) < 4.78 is 0. The molecule has 0 aromatic heterocycles. The smallest absolute Gasteiger partial charge is 0.294 e. The van der Waals surface area contributed by atoms with Crippen molar-refractivity contribution in [1.82, 2.24) is 0 Å². The number of anilines is 2. The second-order valence-corrected chi connectivity index (χ2v) is 8.64. The zero-order valence-electron chi connectivity index (χ0n) is 15.8. The normalized spacial score (nSPS) is 33.7. The summed E-state index contributed by atoms with van der Waals surface area (Å²) >= 11 is 0. The molecule has 1 aromatic rings. The van der Waals surface area contributed by atoms with Gasteiger partial charge >= 0.3 is 0 Å². The average molecular weight is 381 g/mol. The molecule has 2 heterocycles. The van der Waals surface area contributed by atoms with E-state index in [2.05, 4.69) is 6.92 Å². The van der Waals surface area contributed by atoms with Crippen molar-refractivity contribution >= 4 is 28.9 Å². The summed E-state index contributed by atoms with van der Waals surface area (Å²) in [5, 5.41) is 11.8. The van der Waals surface area contributed by atoms with Crippen LogP contribution in [0.2, 0.25) is 0 Å². The summed E-state index contributed by atoms with van der Waals surface area (Å²) in [5.41, 5.74) is 0.857. The van der Waals surface area contributed by atoms with E-state index in [0.29, 0.717) is 17.3 Å². The molecule has 0 radical (unpaired) electrons. The van der Waals surface area contributed by atoms with Gasteiger partial charge in [-0.2, -0.15) is 0 Å². The first-order chi connectivity index (χ1) is 13.5. The standard InChI is InChI=1S/C21H23N3O4/c1-12-3-2-8-22(11-12)16-7-6-15(10-17(16)24(27)28)23-20(25)18-13-4-5-14(9-13)19(18)21(23)26/h4-7,10,12-14,18-19H,2-3,8-9,11H2,1H3/t12-,13+,14+,18+,19+/m1/s1. The van der Waals surface area contributed by atoms with Crippen molar-refractivity contribution in [2.45, 2.75) is 26.2 Å². The minimum atomic E-state index is -0.408. The van der Waals surface area contributed by atoms with Crippen molar-refractivity contribution in [1.29, 1.82) is 0 Å². The maximum absolute atomic E-state index is 13.0. The number of piperidine rings is 1. The highest BCUT2D eigenvalue weighted by Crippen LogP contribution is 2.53. The number of allylic oxidation sites excluding steroid dienone is 2. The minimum Gasteiger partial charge on any atom is -0.366 e. The molecule has 2 aliphatic carbocycles. The largest absolute Gasteiger partial charge is 0.366 e. The lowest BCUT2D eigenvalue weighted by Crippen LogP contribution is -2.35. The number of hydrogen-bond acceptors (Lipinski definition) is 5. The molecule has 2 amide bonds. The van der Waals surface area contributed by atoms with E-state index in [-0.39, 0.29) is 41.2 Å². The van der Waals surface area contributed by atoms with Crippen LogP contribution < -0.4 is 9.80 Å². The van der Waals surface area contributed by atoms with E-state index in [9.17, 15) is 19.7 Å². The number of nitro benzene ring substituents is 1. The van der Waals surface area contributed by atoms with E-state index in [1.165, 1.54) is 11.0 Å². The second-order valence-electron chi connectivity index (χ2n) is 8.64. The van der Waals surface area contributed by atoms with Crippen LogP contribution >= 0.6 is 0 Å². The van der Waals surface area contributed by atoms with Crippen LogP contribution in [0.1, 0.15) is 26.2 Å². The first-order valence-corrected chi connectivity index (χ1v) is 10.0. The highest BCUT2D eigenvalue weighted by Gasteiger charge is 2.59. The first kappa shape index (κ1) is 17.4. The van der Waals surface area contributed by atoms with Crippen molar-refractivity contribution in [3.63, 3.8) is 0 Å². The van der Waals surface area contributed by atoms with Crippen LogP contribution in [-0.2, 0) is 9.59 Å². The first-order valence-electron chi connectivity index (χ1n) is 10.0. The molecule has 5 atom stereocenters. The molecule has 28 heavy (non-hydrogen) atoms. The summed E-state index contributed by atoms with van der Waals surface area (Å²) in [4.78, 5) is 40.6. The number of imide groups is 1. The lowest BCUT2D eigenvalue weighted by molar-refractivity contribution is -0.384. The van der Waals surface area contributed by atoms with E-state index in [4.69, 9.17) is 0 Å². The van der Waals surface area contributed by atoms with Gasteiger partial charge in [-0.3, -0.25) is 19.7 Å². The van der Waals surface area contributed by atoms with E-state index < -0.39 is 4.92 Å². The van der Waals surface area contributed by atoms with Crippen molar-refractivity contribution < 1.29 is 14.5 Å². The molecule has 7 heteroatoms. The summed E-state index contributed by atoms with van der Waals surface area (Å²) in [6, 6.07) is 4.79. The van der Waals surface area contributed by atoms with Crippen molar-refractivity contribution in [2.24, 2.45) is 29.6 Å². The van der Waals surface area contributed by atoms with Crippen LogP contribution in [0.3, 0.4) is 0 Å². The van der Waals surface area contributed by atoms with Crippen LogP contribution in [0, 0.1) is 39.7 Å². The highest BCUT2D eigenvalue weighted by atomic mass is 16.6. The predicted octanol–water partition coefficient (Wildman–Crippen LogP) is 3.14. The van der Waals surface area contributed by atoms with Gasteiger partial charge in [-0.05, 0) is 49.1 Å². The number of benzene rings is 1. The Morgan fingerprint density at radius 2 is 1.79 bits per heavy atom. The van der Waals surface area contributed by atoms with E-state index >= 15 is 0 Å². The number of amides is 2. The second kappa shape index (κ2) is 6.15. The third kappa shape index (κ3) is 2.41. The Bertz CT molecular complexity index is 881. The lowest BCUT2D eigenvalue weighted by atomic mass is 9.85. The Kier molecular flexibility index (Phi) is 3.82. The Morgan fingerprint density at radius 3 is 2.39 bits per heavy atom. The Labute approximate surface area is 163 Å². The molecule has 2 bridgehead atoms. The van der Waals surface area contributed by atoms with Crippen LogP contribution in [0.25, 0.3) is 0 Å². The van der Waals surface area contributed by atoms with Gasteiger partial charge in [0.25, 0.3) is 5.69 Å². The Hall–Kier alpha value is -2.70. The molecule has 4 aliphatic rings. The van der Waals surface area contributed by atoms with Gasteiger partial charge in [0.05, 0.1) is 22.4 Å². The van der Waals surface area contributed by atoms with Gasteiger partial charge in [-0.1, -0.05) is 19.1 Å². The molecule has 2 aliphatic heterocycles. The van der Waals surface area contributed by atoms with Crippen LogP contribution in [0.15, 0.2) is 30.4 Å². The van der Waals surface area contributed by atoms with E-state index in [1.54, 1.807) is 12.1 Å². The third-order valence-electron chi connectivity index (χ3n) is 6.88. The fourth-order valence-electron chi connectivity index (χ4n) is 5.63. The van der Waals surface area contributed by atoms with Crippen LogP contribution in [0.4, 0.5) is 17.1 Å². The number of hydrogen-bond donors (Lipinski definition) is 0. The molecule has 3 fully saturated rings. The van der Waals surface area contributed by atoms with Gasteiger partial charge < -0.3 is 4.90 Å². The molecular formula is C21H23N3O4. The SMILES string of the molecule is C[C@@H]1CCCN(c2ccc(N3C(=O)[C@@H]4[C@@H](C3=O)[C@H]3C=C[C@H]4C3)cc2[N+](=O)[O-])C1. The fourth-order valence-corrected chi connectivity index (χ4v) is 5.63. The number of nitrogens with zero attached hydrogens (tertiary/aromatic N) is 3. The molecule has 0 spiro atoms. The summed E-state index contributed by atoms with van der Waals surface area (Å²) in [7, 11) is 0. The van der Waals surface area contributed by atoms with E-state index in [1.807, 2.05) is 17.1 Å². The zero-order chi connectivity index (χ0) is 19.6. The van der Waals surface area contributed by atoms with Crippen LogP contribution in [0.5, 0.6) is 0 Å². The Balaban J connectivity index is 1.50. The Morgan fingerprint density at radius 1 is 1.11 bits per heavy atom. The number of rotatable bonds is 3. The molecule has 0 unspecified atom stereocenters. The maximum atomic E-state index is 13.0. The number of nitro groups is 1. The third-order valence-corrected chi connectivity index (χ3v) is 6.88. The number of carbonyl (C=O) groups excluding carboxylic acids is 2. The molecule has 7 nitrogen and oxygen atoms in total. The van der Waals surface area contributed by atoms with Crippen molar-refractivity contribution in [3.8, 4) is 0 Å². The summed E-state index contributed by atoms with van der Waals surface area (Å²) in [6.45, 7) is 3.71. The quantitative estimate of drug-likeness (QED) is 0.348. The molecule has 146 valence electrons. The minimum absolute atomic E-state index is 0.0367. The highest BCUT2D eigenvalue weighted by molar-refractivity contribution is 6.23. The fraction of sp³-hybridized carbons (Fsp3) is 0.524. The predicted molar refractivity (Wildman–Crippen MR) is 104 cm³/mol. The van der Waals surface area contributed by atoms with Gasteiger partial charge in [0.1, 0.15) is 5.69 Å². The van der Waals surface area contributed by atoms with Gasteiger partial charge in [-0.15, -0.1) is 0 Å². The van der Waals surface area contributed by atoms with Crippen molar-refractivity contribution in [3.05, 3.63) is 40.5 Å².